The number of carbonyl (C=O) groups is 1. The second kappa shape index (κ2) is 6.57. The number of aromatic hydroxyl groups is 1. The number of phenolic OH excluding ortho intramolecular Hbond substituents is 1. The van der Waals surface area contributed by atoms with E-state index >= 15 is 0 Å². The van der Waals surface area contributed by atoms with Crippen LogP contribution in [0.15, 0.2) is 18.2 Å². The zero-order valence-electron chi connectivity index (χ0n) is 12.5. The van der Waals surface area contributed by atoms with Crippen LogP contribution >= 0.6 is 0 Å². The maximum absolute atomic E-state index is 12.5. The number of nitrogens with zero attached hydrogens (tertiary/aromatic N) is 2. The number of rotatable bonds is 5. The number of benzene rings is 1. The average Bonchev–Trinajstić information content (AvgIpc) is 2.32. The molecule has 4 heteroatoms. The number of hydrogen-bond acceptors (Lipinski definition) is 3. The molecule has 0 fully saturated rings. The molecule has 0 spiro atoms. The summed E-state index contributed by atoms with van der Waals surface area (Å²) in [5.74, 6) is -0.0268. The summed E-state index contributed by atoms with van der Waals surface area (Å²) in [6, 6.07) is 5.38. The first-order valence-electron chi connectivity index (χ1n) is 6.62. The van der Waals surface area contributed by atoms with Gasteiger partial charge >= 0.3 is 0 Å². The minimum Gasteiger partial charge on any atom is -0.507 e. The predicted molar refractivity (Wildman–Crippen MR) is 77.6 cm³/mol. The minimum absolute atomic E-state index is 0.0861. The first-order valence-corrected chi connectivity index (χ1v) is 6.62. The minimum atomic E-state index is -0.113. The largest absolute Gasteiger partial charge is 0.507 e. The first-order chi connectivity index (χ1) is 8.88. The SMILES string of the molecule is CCN(C(=O)c1cccc(C)c1O)C(C)CN(C)C. The van der Waals surface area contributed by atoms with E-state index in [0.29, 0.717) is 12.1 Å². The lowest BCUT2D eigenvalue weighted by Gasteiger charge is -2.30. The molecule has 0 aliphatic heterocycles. The standard InChI is InChI=1S/C15H24N2O2/c1-6-17(12(3)10-16(4)5)15(19)13-9-7-8-11(2)14(13)18/h7-9,12,18H,6,10H2,1-5H3. The predicted octanol–water partition coefficient (Wildman–Crippen LogP) is 2.11. The Morgan fingerprint density at radius 1 is 1.37 bits per heavy atom. The summed E-state index contributed by atoms with van der Waals surface area (Å²) in [5, 5.41) is 10.0. The lowest BCUT2D eigenvalue weighted by atomic mass is 10.1. The number of aryl methyl sites for hydroxylation is 1. The topological polar surface area (TPSA) is 43.8 Å². The second-order valence-corrected chi connectivity index (χ2v) is 5.17. The van der Waals surface area contributed by atoms with Gasteiger partial charge in [0.25, 0.3) is 5.91 Å². The van der Waals surface area contributed by atoms with E-state index in [1.54, 1.807) is 30.0 Å². The number of likely N-dealkylation sites (N-methyl/N-ethyl adjacent to an activating group) is 2. The molecule has 0 heterocycles. The van der Waals surface area contributed by atoms with Crippen LogP contribution in [-0.4, -0.2) is 54.0 Å². The summed E-state index contributed by atoms with van der Waals surface area (Å²) < 4.78 is 0. The van der Waals surface area contributed by atoms with E-state index in [1.807, 2.05) is 27.9 Å². The molecule has 1 atom stereocenters. The molecule has 19 heavy (non-hydrogen) atoms. The van der Waals surface area contributed by atoms with Crippen LogP contribution in [0.4, 0.5) is 0 Å². The van der Waals surface area contributed by atoms with Gasteiger partial charge in [-0.25, -0.2) is 0 Å². The van der Waals surface area contributed by atoms with Crippen LogP contribution in [0.1, 0.15) is 29.8 Å². The molecular formula is C15H24N2O2. The van der Waals surface area contributed by atoms with Gasteiger partial charge in [0.2, 0.25) is 0 Å². The molecule has 1 N–H and O–H groups in total. The summed E-state index contributed by atoms with van der Waals surface area (Å²) in [7, 11) is 3.97. The Morgan fingerprint density at radius 3 is 2.53 bits per heavy atom. The molecular weight excluding hydrogens is 240 g/mol. The normalized spacial score (nSPS) is 12.5. The van der Waals surface area contributed by atoms with Gasteiger partial charge in [-0.1, -0.05) is 12.1 Å². The highest BCUT2D eigenvalue weighted by molar-refractivity contribution is 5.97. The Labute approximate surface area is 115 Å². The van der Waals surface area contributed by atoms with Gasteiger partial charge in [0.15, 0.2) is 0 Å². The second-order valence-electron chi connectivity index (χ2n) is 5.17. The van der Waals surface area contributed by atoms with E-state index in [4.69, 9.17) is 0 Å². The third-order valence-corrected chi connectivity index (χ3v) is 3.23. The highest BCUT2D eigenvalue weighted by atomic mass is 16.3. The molecule has 1 aromatic carbocycles. The van der Waals surface area contributed by atoms with Crippen LogP contribution in [0.2, 0.25) is 0 Å². The van der Waals surface area contributed by atoms with Gasteiger partial charge in [-0.15, -0.1) is 0 Å². The highest BCUT2D eigenvalue weighted by Crippen LogP contribution is 2.23. The number of para-hydroxylation sites is 1. The Kier molecular flexibility index (Phi) is 5.36. The molecule has 1 amide bonds. The van der Waals surface area contributed by atoms with Crippen LogP contribution in [0.25, 0.3) is 0 Å². The zero-order valence-corrected chi connectivity index (χ0v) is 12.5. The van der Waals surface area contributed by atoms with Crippen molar-refractivity contribution in [2.24, 2.45) is 0 Å². The van der Waals surface area contributed by atoms with E-state index in [1.165, 1.54) is 0 Å². The van der Waals surface area contributed by atoms with Gasteiger partial charge in [-0.3, -0.25) is 4.79 Å². The van der Waals surface area contributed by atoms with Crippen molar-refractivity contribution in [3.63, 3.8) is 0 Å². The van der Waals surface area contributed by atoms with Crippen LogP contribution in [-0.2, 0) is 0 Å². The fourth-order valence-electron chi connectivity index (χ4n) is 2.27. The van der Waals surface area contributed by atoms with Crippen LogP contribution in [0, 0.1) is 6.92 Å². The van der Waals surface area contributed by atoms with Crippen molar-refractivity contribution in [1.82, 2.24) is 9.80 Å². The van der Waals surface area contributed by atoms with Crippen molar-refractivity contribution in [2.45, 2.75) is 26.8 Å². The number of carbonyl (C=O) groups excluding carboxylic acids is 1. The molecule has 0 aliphatic carbocycles. The van der Waals surface area contributed by atoms with Gasteiger partial charge in [0.1, 0.15) is 5.75 Å². The third kappa shape index (κ3) is 3.70. The van der Waals surface area contributed by atoms with Crippen molar-refractivity contribution >= 4 is 5.91 Å². The summed E-state index contributed by atoms with van der Waals surface area (Å²) in [6.45, 7) is 7.20. The molecule has 106 valence electrons. The Hall–Kier alpha value is -1.55. The fraction of sp³-hybridized carbons (Fsp3) is 0.533. The van der Waals surface area contributed by atoms with Crippen LogP contribution in [0.3, 0.4) is 0 Å². The summed E-state index contributed by atoms with van der Waals surface area (Å²) in [6.07, 6.45) is 0. The van der Waals surface area contributed by atoms with E-state index < -0.39 is 0 Å². The molecule has 0 radical (unpaired) electrons. The van der Waals surface area contributed by atoms with E-state index in [9.17, 15) is 9.90 Å². The molecule has 1 rings (SSSR count). The van der Waals surface area contributed by atoms with Gasteiger partial charge in [-0.05, 0) is 46.5 Å². The van der Waals surface area contributed by atoms with Gasteiger partial charge in [-0.2, -0.15) is 0 Å². The van der Waals surface area contributed by atoms with Crippen LogP contribution in [0.5, 0.6) is 5.75 Å². The van der Waals surface area contributed by atoms with E-state index in [-0.39, 0.29) is 17.7 Å². The highest BCUT2D eigenvalue weighted by Gasteiger charge is 2.23. The van der Waals surface area contributed by atoms with E-state index in [0.717, 1.165) is 12.1 Å². The molecule has 0 bridgehead atoms. The Morgan fingerprint density at radius 2 is 2.00 bits per heavy atom. The molecule has 0 aromatic heterocycles. The summed E-state index contributed by atoms with van der Waals surface area (Å²) in [5.41, 5.74) is 1.11. The van der Waals surface area contributed by atoms with Gasteiger partial charge in [0, 0.05) is 19.1 Å². The van der Waals surface area contributed by atoms with E-state index in [2.05, 4.69) is 4.90 Å². The fourth-order valence-corrected chi connectivity index (χ4v) is 2.27. The quantitative estimate of drug-likeness (QED) is 0.886. The van der Waals surface area contributed by atoms with Crippen molar-refractivity contribution in [3.8, 4) is 5.75 Å². The van der Waals surface area contributed by atoms with Gasteiger partial charge in [0.05, 0.1) is 5.56 Å². The Bertz CT molecular complexity index is 444. The molecule has 0 aliphatic rings. The molecule has 0 saturated heterocycles. The molecule has 1 aromatic rings. The smallest absolute Gasteiger partial charge is 0.257 e. The molecule has 1 unspecified atom stereocenters. The third-order valence-electron chi connectivity index (χ3n) is 3.23. The van der Waals surface area contributed by atoms with Crippen molar-refractivity contribution in [1.29, 1.82) is 0 Å². The van der Waals surface area contributed by atoms with Crippen LogP contribution < -0.4 is 0 Å². The van der Waals surface area contributed by atoms with Crippen molar-refractivity contribution < 1.29 is 9.90 Å². The average molecular weight is 264 g/mol. The van der Waals surface area contributed by atoms with Crippen molar-refractivity contribution in [3.05, 3.63) is 29.3 Å². The monoisotopic (exact) mass is 264 g/mol. The molecule has 4 nitrogen and oxygen atoms in total. The lowest BCUT2D eigenvalue weighted by molar-refractivity contribution is 0.0676. The first kappa shape index (κ1) is 15.5. The number of phenols is 1. The number of hydrogen-bond donors (Lipinski definition) is 1. The van der Waals surface area contributed by atoms with Crippen molar-refractivity contribution in [2.75, 3.05) is 27.2 Å². The Balaban J connectivity index is 2.98. The summed E-state index contributed by atoms with van der Waals surface area (Å²) >= 11 is 0. The lowest BCUT2D eigenvalue weighted by Crippen LogP contribution is -2.43. The van der Waals surface area contributed by atoms with Gasteiger partial charge < -0.3 is 14.9 Å². The zero-order chi connectivity index (χ0) is 14.6. The summed E-state index contributed by atoms with van der Waals surface area (Å²) in [4.78, 5) is 16.4. The molecule has 0 saturated carbocycles. The maximum atomic E-state index is 12.5. The maximum Gasteiger partial charge on any atom is 0.257 e. The number of amides is 1.